The van der Waals surface area contributed by atoms with Crippen LogP contribution in [0.3, 0.4) is 0 Å². The SMILES string of the molecule is CCc1occc1C(N)Cc1cccc(Cl)c1F. The Balaban J connectivity index is 2.21. The lowest BCUT2D eigenvalue weighted by Gasteiger charge is -2.12. The lowest BCUT2D eigenvalue weighted by molar-refractivity contribution is 0.504. The molecule has 96 valence electrons. The maximum Gasteiger partial charge on any atom is 0.145 e. The first kappa shape index (κ1) is 13.1. The van der Waals surface area contributed by atoms with Crippen LogP contribution in [-0.4, -0.2) is 0 Å². The molecule has 0 bridgehead atoms. The average molecular weight is 268 g/mol. The van der Waals surface area contributed by atoms with E-state index in [4.69, 9.17) is 21.8 Å². The quantitative estimate of drug-likeness (QED) is 0.913. The molecule has 0 saturated carbocycles. The molecule has 4 heteroatoms. The van der Waals surface area contributed by atoms with Gasteiger partial charge in [-0.05, 0) is 24.1 Å². The van der Waals surface area contributed by atoms with Gasteiger partial charge in [-0.1, -0.05) is 30.7 Å². The van der Waals surface area contributed by atoms with Crippen molar-refractivity contribution in [2.24, 2.45) is 5.73 Å². The molecule has 2 rings (SSSR count). The molecule has 0 saturated heterocycles. The van der Waals surface area contributed by atoms with E-state index in [-0.39, 0.29) is 11.1 Å². The van der Waals surface area contributed by atoms with Crippen molar-refractivity contribution in [1.29, 1.82) is 0 Å². The third-order valence-electron chi connectivity index (χ3n) is 2.97. The van der Waals surface area contributed by atoms with Crippen molar-refractivity contribution in [2.45, 2.75) is 25.8 Å². The topological polar surface area (TPSA) is 39.2 Å². The zero-order chi connectivity index (χ0) is 13.1. The second kappa shape index (κ2) is 5.55. The molecule has 0 amide bonds. The number of hydrogen-bond acceptors (Lipinski definition) is 2. The minimum atomic E-state index is -0.392. The molecule has 0 aliphatic carbocycles. The van der Waals surface area contributed by atoms with E-state index in [0.29, 0.717) is 12.0 Å². The molecule has 2 N–H and O–H groups in total. The third-order valence-corrected chi connectivity index (χ3v) is 3.26. The summed E-state index contributed by atoms with van der Waals surface area (Å²) in [5.74, 6) is 0.459. The van der Waals surface area contributed by atoms with Gasteiger partial charge < -0.3 is 10.2 Å². The van der Waals surface area contributed by atoms with E-state index in [1.807, 2.05) is 13.0 Å². The van der Waals surface area contributed by atoms with Gasteiger partial charge in [-0.15, -0.1) is 0 Å². The predicted octanol–water partition coefficient (Wildman–Crippen LogP) is 3.88. The molecule has 1 atom stereocenters. The second-order valence-corrected chi connectivity index (χ2v) is 4.58. The first-order chi connectivity index (χ1) is 8.63. The highest BCUT2D eigenvalue weighted by atomic mass is 35.5. The van der Waals surface area contributed by atoms with Crippen LogP contribution in [0.1, 0.15) is 29.9 Å². The van der Waals surface area contributed by atoms with Crippen molar-refractivity contribution in [3.8, 4) is 0 Å². The van der Waals surface area contributed by atoms with E-state index in [1.54, 1.807) is 18.4 Å². The van der Waals surface area contributed by atoms with Gasteiger partial charge in [0, 0.05) is 18.0 Å². The highest BCUT2D eigenvalue weighted by molar-refractivity contribution is 6.30. The van der Waals surface area contributed by atoms with Gasteiger partial charge in [-0.25, -0.2) is 4.39 Å². The normalized spacial score (nSPS) is 12.7. The zero-order valence-corrected chi connectivity index (χ0v) is 10.9. The fourth-order valence-electron chi connectivity index (χ4n) is 2.02. The summed E-state index contributed by atoms with van der Waals surface area (Å²) in [7, 11) is 0. The van der Waals surface area contributed by atoms with E-state index >= 15 is 0 Å². The molecule has 1 aromatic heterocycles. The predicted molar refractivity (Wildman–Crippen MR) is 70.1 cm³/mol. The van der Waals surface area contributed by atoms with Crippen LogP contribution in [0.5, 0.6) is 0 Å². The molecule has 0 aliphatic rings. The largest absolute Gasteiger partial charge is 0.469 e. The maximum atomic E-state index is 13.8. The Morgan fingerprint density at radius 1 is 1.39 bits per heavy atom. The van der Waals surface area contributed by atoms with Crippen molar-refractivity contribution in [3.63, 3.8) is 0 Å². The molecule has 1 unspecified atom stereocenters. The van der Waals surface area contributed by atoms with Crippen molar-refractivity contribution in [3.05, 3.63) is 58.3 Å². The second-order valence-electron chi connectivity index (χ2n) is 4.18. The average Bonchev–Trinajstić information content (AvgIpc) is 2.83. The summed E-state index contributed by atoms with van der Waals surface area (Å²) in [6.45, 7) is 2.00. The fourth-order valence-corrected chi connectivity index (χ4v) is 2.22. The third kappa shape index (κ3) is 2.57. The number of aryl methyl sites for hydroxylation is 1. The van der Waals surface area contributed by atoms with Gasteiger partial charge in [0.15, 0.2) is 0 Å². The number of rotatable bonds is 4. The molecule has 18 heavy (non-hydrogen) atoms. The minimum absolute atomic E-state index is 0.127. The smallest absolute Gasteiger partial charge is 0.145 e. The summed E-state index contributed by atoms with van der Waals surface area (Å²) < 4.78 is 19.1. The molecule has 0 spiro atoms. The molecule has 0 aliphatic heterocycles. The van der Waals surface area contributed by atoms with Gasteiger partial charge in [-0.2, -0.15) is 0 Å². The lowest BCUT2D eigenvalue weighted by atomic mass is 9.99. The van der Waals surface area contributed by atoms with Gasteiger partial charge in [0.2, 0.25) is 0 Å². The highest BCUT2D eigenvalue weighted by Crippen LogP contribution is 2.25. The van der Waals surface area contributed by atoms with Crippen LogP contribution in [0.15, 0.2) is 34.9 Å². The molecular weight excluding hydrogens is 253 g/mol. The Morgan fingerprint density at radius 3 is 2.89 bits per heavy atom. The van der Waals surface area contributed by atoms with Crippen LogP contribution in [0, 0.1) is 5.82 Å². The molecule has 1 heterocycles. The van der Waals surface area contributed by atoms with E-state index in [9.17, 15) is 4.39 Å². The Labute approximate surface area is 111 Å². The van der Waals surface area contributed by atoms with Gasteiger partial charge in [0.05, 0.1) is 11.3 Å². The molecule has 0 fully saturated rings. The minimum Gasteiger partial charge on any atom is -0.469 e. The number of benzene rings is 1. The monoisotopic (exact) mass is 267 g/mol. The summed E-state index contributed by atoms with van der Waals surface area (Å²) in [5.41, 5.74) is 7.55. The van der Waals surface area contributed by atoms with Gasteiger partial charge in [-0.3, -0.25) is 0 Å². The van der Waals surface area contributed by atoms with Crippen LogP contribution < -0.4 is 5.73 Å². The first-order valence-corrected chi connectivity index (χ1v) is 6.26. The molecule has 1 aromatic carbocycles. The highest BCUT2D eigenvalue weighted by Gasteiger charge is 2.16. The number of halogens is 2. The van der Waals surface area contributed by atoms with E-state index in [1.165, 1.54) is 6.07 Å². The summed E-state index contributed by atoms with van der Waals surface area (Å²) in [6, 6.07) is 6.51. The molecule has 2 aromatic rings. The maximum absolute atomic E-state index is 13.8. The number of hydrogen-bond donors (Lipinski definition) is 1. The van der Waals surface area contributed by atoms with Crippen molar-refractivity contribution >= 4 is 11.6 Å². The van der Waals surface area contributed by atoms with E-state index < -0.39 is 5.82 Å². The summed E-state index contributed by atoms with van der Waals surface area (Å²) in [5, 5.41) is 0.127. The lowest BCUT2D eigenvalue weighted by Crippen LogP contribution is -2.15. The Morgan fingerprint density at radius 2 is 2.17 bits per heavy atom. The molecular formula is C14H15ClFNO. The van der Waals surface area contributed by atoms with E-state index in [2.05, 4.69) is 0 Å². The number of nitrogens with two attached hydrogens (primary N) is 1. The standard InChI is InChI=1S/C14H15ClFNO/c1-2-13-10(6-7-18-13)12(17)8-9-4-3-5-11(15)14(9)16/h3-7,12H,2,8,17H2,1H3. The Kier molecular flexibility index (Phi) is 4.04. The van der Waals surface area contributed by atoms with Crippen LogP contribution in [0.25, 0.3) is 0 Å². The van der Waals surface area contributed by atoms with Crippen molar-refractivity contribution < 1.29 is 8.81 Å². The summed E-state index contributed by atoms with van der Waals surface area (Å²) in [6.07, 6.45) is 2.79. The zero-order valence-electron chi connectivity index (χ0n) is 10.1. The molecule has 0 radical (unpaired) electrons. The number of furan rings is 1. The fraction of sp³-hybridized carbons (Fsp3) is 0.286. The van der Waals surface area contributed by atoms with Crippen LogP contribution >= 0.6 is 11.6 Å². The first-order valence-electron chi connectivity index (χ1n) is 5.88. The van der Waals surface area contributed by atoms with Crippen LogP contribution in [0.2, 0.25) is 5.02 Å². The van der Waals surface area contributed by atoms with Crippen molar-refractivity contribution in [2.75, 3.05) is 0 Å². The Hall–Kier alpha value is -1.32. The summed E-state index contributed by atoms with van der Waals surface area (Å²) in [4.78, 5) is 0. The van der Waals surface area contributed by atoms with Crippen LogP contribution in [-0.2, 0) is 12.8 Å². The van der Waals surface area contributed by atoms with Gasteiger partial charge in [0.1, 0.15) is 11.6 Å². The van der Waals surface area contributed by atoms with Crippen molar-refractivity contribution in [1.82, 2.24) is 0 Å². The van der Waals surface area contributed by atoms with Gasteiger partial charge >= 0.3 is 0 Å². The Bertz CT molecular complexity index is 538. The van der Waals surface area contributed by atoms with E-state index in [0.717, 1.165) is 17.7 Å². The summed E-state index contributed by atoms with van der Waals surface area (Å²) >= 11 is 5.75. The van der Waals surface area contributed by atoms with Gasteiger partial charge in [0.25, 0.3) is 0 Å². The molecule has 2 nitrogen and oxygen atoms in total. The van der Waals surface area contributed by atoms with Crippen LogP contribution in [0.4, 0.5) is 4.39 Å².